The summed E-state index contributed by atoms with van der Waals surface area (Å²) >= 11 is 5.36. The van der Waals surface area contributed by atoms with E-state index in [1.165, 1.54) is 0 Å². The monoisotopic (exact) mass is 461 g/mol. The molecule has 4 aromatic rings. The number of ether oxygens (including phenoxy) is 2. The molecule has 4 rings (SSSR count). The third-order valence-corrected chi connectivity index (χ3v) is 5.08. The predicted octanol–water partition coefficient (Wildman–Crippen LogP) is 5.22. The summed E-state index contributed by atoms with van der Waals surface area (Å²) in [6.45, 7) is 2.94. The maximum atomic E-state index is 12.5. The number of anilines is 1. The van der Waals surface area contributed by atoms with E-state index >= 15 is 0 Å². The van der Waals surface area contributed by atoms with Crippen molar-refractivity contribution in [2.75, 3.05) is 11.9 Å². The van der Waals surface area contributed by atoms with E-state index in [4.69, 9.17) is 21.7 Å². The number of nitrogens with zero attached hydrogens (tertiary/aromatic N) is 3. The van der Waals surface area contributed by atoms with Crippen LogP contribution in [0.1, 0.15) is 13.3 Å². The lowest BCUT2D eigenvalue weighted by Gasteiger charge is -2.10. The number of benzene rings is 2. The number of aromatic amines is 1. The van der Waals surface area contributed by atoms with Crippen molar-refractivity contribution in [2.45, 2.75) is 19.9 Å². The Morgan fingerprint density at radius 3 is 2.36 bits per heavy atom. The average Bonchev–Trinajstić information content (AvgIpc) is 3.20. The van der Waals surface area contributed by atoms with Crippen LogP contribution in [0.15, 0.2) is 73.1 Å². The van der Waals surface area contributed by atoms with Gasteiger partial charge in [-0.2, -0.15) is 5.10 Å². The molecule has 2 aromatic carbocycles. The lowest BCUT2D eigenvalue weighted by Crippen LogP contribution is -2.15. The molecule has 0 radical (unpaired) electrons. The van der Waals surface area contributed by atoms with Gasteiger partial charge in [-0.1, -0.05) is 0 Å². The summed E-state index contributed by atoms with van der Waals surface area (Å²) in [5.41, 5.74) is 1.57. The van der Waals surface area contributed by atoms with E-state index in [0.29, 0.717) is 40.9 Å². The summed E-state index contributed by atoms with van der Waals surface area (Å²) < 4.78 is 13.5. The third-order valence-electron chi connectivity index (χ3n) is 4.77. The van der Waals surface area contributed by atoms with Gasteiger partial charge in [-0.15, -0.1) is 0 Å². The molecule has 0 aliphatic rings. The molecule has 0 fully saturated rings. The normalized spacial score (nSPS) is 10.6. The molecule has 2 aromatic heterocycles. The number of pyridine rings is 1. The predicted molar refractivity (Wildman–Crippen MR) is 128 cm³/mol. The number of amides is 1. The minimum atomic E-state index is -0.126. The molecule has 0 bridgehead atoms. The zero-order chi connectivity index (χ0) is 23.0. The average molecular weight is 462 g/mol. The van der Waals surface area contributed by atoms with Crippen LogP contribution in [-0.4, -0.2) is 32.3 Å². The Morgan fingerprint density at radius 1 is 1.00 bits per heavy atom. The molecule has 33 heavy (non-hydrogen) atoms. The van der Waals surface area contributed by atoms with E-state index in [9.17, 15) is 4.79 Å². The number of nitrogens with one attached hydrogen (secondary N) is 2. The summed E-state index contributed by atoms with van der Waals surface area (Å²) in [6.07, 6.45) is 3.57. The second-order valence-electron chi connectivity index (χ2n) is 7.07. The molecule has 0 unspecified atom stereocenters. The summed E-state index contributed by atoms with van der Waals surface area (Å²) in [5, 5.41) is 10.0. The molecule has 0 saturated carbocycles. The Balaban J connectivity index is 1.35. The third kappa shape index (κ3) is 5.83. The Hall–Kier alpha value is -3.98. The fourth-order valence-electron chi connectivity index (χ4n) is 3.20. The molecule has 2 N–H and O–H groups in total. The first-order valence-electron chi connectivity index (χ1n) is 10.5. The molecule has 0 aliphatic heterocycles. The molecule has 8 nitrogen and oxygen atoms in total. The van der Waals surface area contributed by atoms with E-state index in [1.807, 2.05) is 35.8 Å². The van der Waals surface area contributed by atoms with Gasteiger partial charge in [0.2, 0.25) is 5.91 Å². The quantitative estimate of drug-likeness (QED) is 0.332. The van der Waals surface area contributed by atoms with Crippen LogP contribution in [0.4, 0.5) is 5.69 Å². The van der Waals surface area contributed by atoms with Crippen LogP contribution in [0.3, 0.4) is 0 Å². The van der Waals surface area contributed by atoms with Gasteiger partial charge < -0.3 is 14.8 Å². The molecule has 1 amide bonds. The van der Waals surface area contributed by atoms with Crippen molar-refractivity contribution < 1.29 is 14.3 Å². The van der Waals surface area contributed by atoms with Gasteiger partial charge in [0, 0.05) is 36.6 Å². The number of rotatable bonds is 9. The van der Waals surface area contributed by atoms with Crippen molar-refractivity contribution in [3.63, 3.8) is 0 Å². The van der Waals surface area contributed by atoms with Crippen molar-refractivity contribution in [1.29, 1.82) is 0 Å². The van der Waals surface area contributed by atoms with Crippen LogP contribution in [0, 0.1) is 4.77 Å². The standard InChI is InChI=1S/C24H23N5O3S/c1-2-31-19-7-3-17(4-8-19)23-27-28-24(33)29(23)16-13-22(30)26-18-5-9-20(10-6-18)32-21-11-14-25-15-12-21/h3-12,14-15H,2,13,16H2,1H3,(H,26,30)(H,28,33). The lowest BCUT2D eigenvalue weighted by molar-refractivity contribution is -0.116. The number of carbonyl (C=O) groups is 1. The van der Waals surface area contributed by atoms with Crippen LogP contribution in [0.25, 0.3) is 11.4 Å². The van der Waals surface area contributed by atoms with E-state index in [2.05, 4.69) is 20.5 Å². The van der Waals surface area contributed by atoms with Crippen LogP contribution in [0.2, 0.25) is 0 Å². The van der Waals surface area contributed by atoms with Gasteiger partial charge >= 0.3 is 0 Å². The molecule has 0 aliphatic carbocycles. The molecule has 0 saturated heterocycles. The number of H-pyrrole nitrogens is 1. The molecule has 2 heterocycles. The van der Waals surface area contributed by atoms with Gasteiger partial charge in [0.25, 0.3) is 0 Å². The van der Waals surface area contributed by atoms with Crippen molar-refractivity contribution in [3.8, 4) is 28.6 Å². The van der Waals surface area contributed by atoms with Gasteiger partial charge in [0.1, 0.15) is 17.2 Å². The number of hydrogen-bond donors (Lipinski definition) is 2. The minimum Gasteiger partial charge on any atom is -0.494 e. The zero-order valence-corrected chi connectivity index (χ0v) is 18.8. The van der Waals surface area contributed by atoms with Crippen LogP contribution in [-0.2, 0) is 11.3 Å². The maximum Gasteiger partial charge on any atom is 0.226 e. The topological polar surface area (TPSA) is 94.1 Å². The zero-order valence-electron chi connectivity index (χ0n) is 18.0. The highest BCUT2D eigenvalue weighted by Gasteiger charge is 2.11. The van der Waals surface area contributed by atoms with Gasteiger partial charge in [0.05, 0.1) is 6.61 Å². The summed E-state index contributed by atoms with van der Waals surface area (Å²) in [4.78, 5) is 16.5. The van der Waals surface area contributed by atoms with E-state index in [0.717, 1.165) is 11.3 Å². The molecule has 168 valence electrons. The Kier molecular flexibility index (Phi) is 7.11. The number of aromatic nitrogens is 4. The van der Waals surface area contributed by atoms with Crippen molar-refractivity contribution in [1.82, 2.24) is 19.7 Å². The number of carbonyl (C=O) groups excluding carboxylic acids is 1. The second-order valence-corrected chi connectivity index (χ2v) is 7.46. The molecular formula is C24H23N5O3S. The fourth-order valence-corrected chi connectivity index (χ4v) is 3.42. The Morgan fingerprint density at radius 2 is 1.67 bits per heavy atom. The summed E-state index contributed by atoms with van der Waals surface area (Å²) in [5.74, 6) is 2.70. The Labute approximate surface area is 196 Å². The first kappa shape index (κ1) is 22.2. The maximum absolute atomic E-state index is 12.5. The SMILES string of the molecule is CCOc1ccc(-c2n[nH]c(=S)n2CCC(=O)Nc2ccc(Oc3ccncc3)cc2)cc1. The lowest BCUT2D eigenvalue weighted by atomic mass is 10.2. The molecule has 9 heteroatoms. The van der Waals surface area contributed by atoms with E-state index in [-0.39, 0.29) is 12.3 Å². The molecule has 0 atom stereocenters. The molecular weight excluding hydrogens is 438 g/mol. The largest absolute Gasteiger partial charge is 0.494 e. The highest BCUT2D eigenvalue weighted by molar-refractivity contribution is 7.71. The molecule has 0 spiro atoms. The van der Waals surface area contributed by atoms with Crippen LogP contribution in [0.5, 0.6) is 17.2 Å². The minimum absolute atomic E-state index is 0.126. The van der Waals surface area contributed by atoms with E-state index < -0.39 is 0 Å². The van der Waals surface area contributed by atoms with Crippen molar-refractivity contribution in [3.05, 3.63) is 77.8 Å². The highest BCUT2D eigenvalue weighted by Crippen LogP contribution is 2.23. The smallest absolute Gasteiger partial charge is 0.226 e. The van der Waals surface area contributed by atoms with Gasteiger partial charge in [-0.25, -0.2) is 0 Å². The van der Waals surface area contributed by atoms with E-state index in [1.54, 1.807) is 48.8 Å². The first-order chi connectivity index (χ1) is 16.1. The van der Waals surface area contributed by atoms with Crippen LogP contribution >= 0.6 is 12.2 Å². The van der Waals surface area contributed by atoms with Gasteiger partial charge in [-0.3, -0.25) is 19.4 Å². The summed E-state index contributed by atoms with van der Waals surface area (Å²) in [7, 11) is 0. The second kappa shape index (κ2) is 10.6. The highest BCUT2D eigenvalue weighted by atomic mass is 32.1. The van der Waals surface area contributed by atoms with Gasteiger partial charge in [-0.05, 0) is 79.8 Å². The van der Waals surface area contributed by atoms with Gasteiger partial charge in [0.15, 0.2) is 10.6 Å². The summed E-state index contributed by atoms with van der Waals surface area (Å²) in [6, 6.07) is 18.3. The fraction of sp³-hybridized carbons (Fsp3) is 0.167. The first-order valence-corrected chi connectivity index (χ1v) is 10.9. The van der Waals surface area contributed by atoms with Crippen LogP contribution < -0.4 is 14.8 Å². The Bertz CT molecular complexity index is 1250. The van der Waals surface area contributed by atoms with Crippen molar-refractivity contribution in [2.24, 2.45) is 0 Å². The number of hydrogen-bond acceptors (Lipinski definition) is 6. The van der Waals surface area contributed by atoms with Crippen molar-refractivity contribution >= 4 is 23.8 Å².